The van der Waals surface area contributed by atoms with Crippen LogP contribution in [0.3, 0.4) is 0 Å². The highest BCUT2D eigenvalue weighted by molar-refractivity contribution is 6.36. The third kappa shape index (κ3) is 2.18. The Balaban J connectivity index is 1.76. The zero-order chi connectivity index (χ0) is 14.4. The Hall–Kier alpha value is -2.00. The van der Waals surface area contributed by atoms with E-state index in [1.165, 1.54) is 24.1 Å². The fourth-order valence-electron chi connectivity index (χ4n) is 3.17. The third-order valence-corrected chi connectivity index (χ3v) is 4.44. The molecule has 0 radical (unpaired) electrons. The van der Waals surface area contributed by atoms with E-state index < -0.39 is 0 Å². The quantitative estimate of drug-likeness (QED) is 0.767. The Morgan fingerprint density at radius 2 is 2.00 bits per heavy atom. The molecule has 1 amide bonds. The Kier molecular flexibility index (Phi) is 2.89. The smallest absolute Gasteiger partial charge is 0.256 e. The molecule has 0 saturated carbocycles. The van der Waals surface area contributed by atoms with Gasteiger partial charge in [-0.15, -0.1) is 0 Å². The second-order valence-corrected chi connectivity index (χ2v) is 6.07. The second-order valence-electron chi connectivity index (χ2n) is 5.64. The second kappa shape index (κ2) is 4.78. The van der Waals surface area contributed by atoms with E-state index in [2.05, 4.69) is 16.4 Å². The number of hydrogen-bond acceptors (Lipinski definition) is 1. The van der Waals surface area contributed by atoms with Crippen LogP contribution in [0.4, 0.5) is 5.69 Å². The number of aromatic amines is 1. The number of amides is 1. The molecule has 2 N–H and O–H groups in total. The Morgan fingerprint density at radius 1 is 1.14 bits per heavy atom. The van der Waals surface area contributed by atoms with Crippen molar-refractivity contribution in [2.75, 3.05) is 5.32 Å². The van der Waals surface area contributed by atoms with Crippen molar-refractivity contribution >= 4 is 34.8 Å². The van der Waals surface area contributed by atoms with Crippen molar-refractivity contribution in [2.45, 2.75) is 25.7 Å². The lowest BCUT2D eigenvalue weighted by Gasteiger charge is -2.08. The highest BCUT2D eigenvalue weighted by Crippen LogP contribution is 2.35. The van der Waals surface area contributed by atoms with Gasteiger partial charge in [0.05, 0.1) is 11.3 Å². The number of rotatable bonds is 1. The lowest BCUT2D eigenvalue weighted by molar-refractivity contribution is -0.110. The van der Waals surface area contributed by atoms with Crippen LogP contribution < -0.4 is 5.32 Å². The minimum absolute atomic E-state index is 0.0696. The lowest BCUT2D eigenvalue weighted by Crippen LogP contribution is -2.03. The normalized spacial score (nSPS) is 18.5. The van der Waals surface area contributed by atoms with Gasteiger partial charge in [0.15, 0.2) is 0 Å². The Morgan fingerprint density at radius 3 is 2.86 bits per heavy atom. The maximum atomic E-state index is 12.2. The molecule has 1 aliphatic carbocycles. The number of carbonyl (C=O) groups excluding carboxylic acids is 1. The van der Waals surface area contributed by atoms with Gasteiger partial charge in [-0.1, -0.05) is 17.7 Å². The summed E-state index contributed by atoms with van der Waals surface area (Å²) in [4.78, 5) is 15.6. The van der Waals surface area contributed by atoms with Crippen LogP contribution in [-0.4, -0.2) is 10.9 Å². The molecule has 1 aromatic heterocycles. The average Bonchev–Trinajstić information content (AvgIpc) is 3.00. The van der Waals surface area contributed by atoms with E-state index in [1.54, 1.807) is 6.07 Å². The number of fused-ring (bicyclic) bond motifs is 2. The summed E-state index contributed by atoms with van der Waals surface area (Å²) in [6, 6.07) is 7.66. The van der Waals surface area contributed by atoms with Gasteiger partial charge < -0.3 is 10.3 Å². The van der Waals surface area contributed by atoms with Gasteiger partial charge in [-0.25, -0.2) is 0 Å². The maximum Gasteiger partial charge on any atom is 0.256 e. The molecule has 106 valence electrons. The predicted octanol–water partition coefficient (Wildman–Crippen LogP) is 4.04. The molecule has 0 saturated heterocycles. The summed E-state index contributed by atoms with van der Waals surface area (Å²) in [7, 11) is 0. The zero-order valence-corrected chi connectivity index (χ0v) is 12.3. The van der Waals surface area contributed by atoms with Crippen molar-refractivity contribution in [1.29, 1.82) is 0 Å². The first-order valence-corrected chi connectivity index (χ1v) is 7.62. The van der Waals surface area contributed by atoms with Gasteiger partial charge in [-0.2, -0.15) is 0 Å². The van der Waals surface area contributed by atoms with E-state index in [0.717, 1.165) is 29.8 Å². The molecule has 2 aliphatic rings. The molecule has 0 unspecified atom stereocenters. The third-order valence-electron chi connectivity index (χ3n) is 4.20. The van der Waals surface area contributed by atoms with Crippen molar-refractivity contribution in [3.05, 3.63) is 51.8 Å². The largest absolute Gasteiger partial charge is 0.359 e. The van der Waals surface area contributed by atoms with Gasteiger partial charge in [0.2, 0.25) is 0 Å². The summed E-state index contributed by atoms with van der Waals surface area (Å²) in [6.07, 6.45) is 6.67. The highest BCUT2D eigenvalue weighted by Gasteiger charge is 2.24. The Labute approximate surface area is 128 Å². The number of benzene rings is 1. The first-order valence-electron chi connectivity index (χ1n) is 7.24. The minimum Gasteiger partial charge on any atom is -0.359 e. The number of H-pyrrole nitrogens is 1. The molecule has 2 aromatic rings. The summed E-state index contributed by atoms with van der Waals surface area (Å²) >= 11 is 5.97. The summed E-state index contributed by atoms with van der Waals surface area (Å²) in [6.45, 7) is 0. The number of aromatic nitrogens is 1. The molecule has 0 atom stereocenters. The summed E-state index contributed by atoms with van der Waals surface area (Å²) in [5.41, 5.74) is 6.12. The van der Waals surface area contributed by atoms with Crippen LogP contribution in [0.5, 0.6) is 0 Å². The fourth-order valence-corrected chi connectivity index (χ4v) is 3.34. The number of halogens is 1. The van der Waals surface area contributed by atoms with E-state index in [1.807, 2.05) is 18.2 Å². The van der Waals surface area contributed by atoms with Crippen LogP contribution in [0, 0.1) is 0 Å². The lowest BCUT2D eigenvalue weighted by atomic mass is 9.98. The summed E-state index contributed by atoms with van der Waals surface area (Å²) in [5.74, 6) is -0.0696. The van der Waals surface area contributed by atoms with Gasteiger partial charge in [0, 0.05) is 22.0 Å². The zero-order valence-electron chi connectivity index (χ0n) is 11.5. The number of carbonyl (C=O) groups is 1. The number of nitrogens with one attached hydrogen (secondary N) is 2. The summed E-state index contributed by atoms with van der Waals surface area (Å²) < 4.78 is 0. The molecule has 21 heavy (non-hydrogen) atoms. The molecular formula is C17H15ClN2O. The molecule has 4 heteroatoms. The molecule has 4 rings (SSSR count). The van der Waals surface area contributed by atoms with Gasteiger partial charge in [-0.3, -0.25) is 4.79 Å². The van der Waals surface area contributed by atoms with Crippen molar-refractivity contribution in [2.24, 2.45) is 0 Å². The monoisotopic (exact) mass is 298 g/mol. The molecule has 0 fully saturated rings. The number of aryl methyl sites for hydroxylation is 2. The Bertz CT molecular complexity index is 750. The van der Waals surface area contributed by atoms with Gasteiger partial charge in [0.1, 0.15) is 0 Å². The standard InChI is InChI=1S/C17H15ClN2O/c18-11-5-6-13-14(17(21)20-16(13)8-11)9-12-7-10-3-1-2-4-15(10)19-12/h5-9,19H,1-4H2,(H,20,21). The van der Waals surface area contributed by atoms with E-state index in [4.69, 9.17) is 11.6 Å². The van der Waals surface area contributed by atoms with Gasteiger partial charge in [-0.05, 0) is 55.5 Å². The van der Waals surface area contributed by atoms with E-state index in [-0.39, 0.29) is 5.91 Å². The van der Waals surface area contributed by atoms with E-state index in [0.29, 0.717) is 10.6 Å². The van der Waals surface area contributed by atoms with E-state index in [9.17, 15) is 4.79 Å². The minimum atomic E-state index is -0.0696. The molecule has 0 bridgehead atoms. The maximum absolute atomic E-state index is 12.2. The van der Waals surface area contributed by atoms with Crippen LogP contribution in [-0.2, 0) is 17.6 Å². The van der Waals surface area contributed by atoms with Gasteiger partial charge in [0.25, 0.3) is 5.91 Å². The molecule has 1 aromatic carbocycles. The van der Waals surface area contributed by atoms with Crippen LogP contribution in [0.15, 0.2) is 24.3 Å². The van der Waals surface area contributed by atoms with Crippen LogP contribution in [0.1, 0.15) is 35.4 Å². The number of hydrogen-bond donors (Lipinski definition) is 2. The first-order chi connectivity index (χ1) is 10.2. The molecule has 3 nitrogen and oxygen atoms in total. The SMILES string of the molecule is O=C1Nc2cc(Cl)ccc2C1=Cc1cc2c([nH]1)CCCC2. The van der Waals surface area contributed by atoms with Gasteiger partial charge >= 0.3 is 0 Å². The first kappa shape index (κ1) is 12.7. The average molecular weight is 299 g/mol. The highest BCUT2D eigenvalue weighted by atomic mass is 35.5. The van der Waals surface area contributed by atoms with E-state index >= 15 is 0 Å². The molecule has 0 spiro atoms. The molecular weight excluding hydrogens is 284 g/mol. The van der Waals surface area contributed by atoms with Crippen LogP contribution >= 0.6 is 11.6 Å². The van der Waals surface area contributed by atoms with Crippen molar-refractivity contribution in [3.63, 3.8) is 0 Å². The molecule has 2 heterocycles. The fraction of sp³-hybridized carbons (Fsp3) is 0.235. The van der Waals surface area contributed by atoms with Crippen LogP contribution in [0.25, 0.3) is 11.6 Å². The number of anilines is 1. The van der Waals surface area contributed by atoms with Crippen molar-refractivity contribution < 1.29 is 4.79 Å². The van der Waals surface area contributed by atoms with Crippen molar-refractivity contribution in [1.82, 2.24) is 4.98 Å². The molecule has 1 aliphatic heterocycles. The van der Waals surface area contributed by atoms with Crippen molar-refractivity contribution in [3.8, 4) is 0 Å². The predicted molar refractivity (Wildman–Crippen MR) is 85.4 cm³/mol. The summed E-state index contributed by atoms with van der Waals surface area (Å²) in [5, 5.41) is 3.49. The topological polar surface area (TPSA) is 44.9 Å². The van der Waals surface area contributed by atoms with Crippen LogP contribution in [0.2, 0.25) is 5.02 Å².